The summed E-state index contributed by atoms with van der Waals surface area (Å²) in [5.41, 5.74) is 3.64. The number of hydrogen-bond donors (Lipinski definition) is 1. The molecule has 3 heterocycles. The van der Waals surface area contributed by atoms with Gasteiger partial charge in [-0.25, -0.2) is 0 Å². The summed E-state index contributed by atoms with van der Waals surface area (Å²) in [7, 11) is 3.58. The normalized spacial score (nSPS) is 16.4. The van der Waals surface area contributed by atoms with E-state index in [2.05, 4.69) is 40.5 Å². The van der Waals surface area contributed by atoms with Crippen LogP contribution in [-0.2, 0) is 13.5 Å². The van der Waals surface area contributed by atoms with Crippen LogP contribution >= 0.6 is 0 Å². The van der Waals surface area contributed by atoms with E-state index in [0.717, 1.165) is 34.9 Å². The van der Waals surface area contributed by atoms with Crippen molar-refractivity contribution in [2.75, 3.05) is 13.6 Å². The van der Waals surface area contributed by atoms with E-state index in [-0.39, 0.29) is 17.7 Å². The van der Waals surface area contributed by atoms with Gasteiger partial charge in [0.1, 0.15) is 0 Å². The Labute approximate surface area is 196 Å². The summed E-state index contributed by atoms with van der Waals surface area (Å²) >= 11 is 0. The molecule has 2 unspecified atom stereocenters. The molecule has 2 aromatic heterocycles. The number of carbonyl (C=O) groups excluding carboxylic acids is 1. The molecule has 34 heavy (non-hydrogen) atoms. The lowest BCUT2D eigenvalue weighted by Crippen LogP contribution is -2.45. The highest BCUT2D eigenvalue weighted by Gasteiger charge is 2.38. The van der Waals surface area contributed by atoms with E-state index in [1.807, 2.05) is 43.7 Å². The number of carbonyl (C=O) groups is 1. The molecule has 0 radical (unpaired) electrons. The Morgan fingerprint density at radius 2 is 1.74 bits per heavy atom. The van der Waals surface area contributed by atoms with Crippen molar-refractivity contribution in [1.82, 2.24) is 24.5 Å². The molecular weight excluding hydrogens is 430 g/mol. The second kappa shape index (κ2) is 8.62. The third-order valence-corrected chi connectivity index (χ3v) is 6.33. The van der Waals surface area contributed by atoms with Gasteiger partial charge < -0.3 is 10.0 Å². The molecule has 0 aliphatic carbocycles. The Morgan fingerprint density at radius 3 is 2.47 bits per heavy atom. The second-order valence-corrected chi connectivity index (χ2v) is 8.74. The molecule has 0 saturated heterocycles. The zero-order valence-corrected chi connectivity index (χ0v) is 19.0. The minimum absolute atomic E-state index is 0.0707. The number of benzene rings is 2. The Bertz CT molecular complexity index is 1410. The first kappa shape index (κ1) is 21.6. The molecule has 172 valence electrons. The topological polar surface area (TPSA) is 93.2 Å². The predicted octanol–water partition coefficient (Wildman–Crippen LogP) is 2.73. The highest BCUT2D eigenvalue weighted by atomic mass is 16.3. The van der Waals surface area contributed by atoms with E-state index in [4.69, 9.17) is 0 Å². The number of rotatable bonds is 5. The first-order chi connectivity index (χ1) is 16.4. The molecule has 0 spiro atoms. The van der Waals surface area contributed by atoms with E-state index in [1.54, 1.807) is 11.7 Å². The maximum Gasteiger partial charge on any atom is 0.275 e. The average molecular weight is 456 g/mol. The zero-order chi connectivity index (χ0) is 23.8. The Balaban J connectivity index is 1.64. The third-order valence-electron chi connectivity index (χ3n) is 6.33. The van der Waals surface area contributed by atoms with Gasteiger partial charge in [-0.05, 0) is 22.3 Å². The van der Waals surface area contributed by atoms with Gasteiger partial charge in [0.2, 0.25) is 5.43 Å². The SMILES string of the molecule is CN1CC(C(c2ccccc2)c2cccc(Cc3cnn(C)c3)c2)n2ncc(=O)c(O)c2C1=O. The summed E-state index contributed by atoms with van der Waals surface area (Å²) in [6, 6.07) is 18.1. The summed E-state index contributed by atoms with van der Waals surface area (Å²) in [6.45, 7) is 0.382. The van der Waals surface area contributed by atoms with Crippen molar-refractivity contribution in [3.63, 3.8) is 0 Å². The van der Waals surface area contributed by atoms with Crippen LogP contribution in [0.5, 0.6) is 5.75 Å². The number of aryl methyl sites for hydroxylation is 1. The number of amides is 1. The van der Waals surface area contributed by atoms with E-state index >= 15 is 0 Å². The first-order valence-electron chi connectivity index (χ1n) is 11.1. The molecule has 1 aliphatic rings. The Hall–Kier alpha value is -4.20. The average Bonchev–Trinajstić information content (AvgIpc) is 3.24. The maximum atomic E-state index is 12.8. The van der Waals surface area contributed by atoms with E-state index < -0.39 is 17.1 Å². The smallest absolute Gasteiger partial charge is 0.275 e. The number of fused-ring (bicyclic) bond motifs is 1. The summed E-state index contributed by atoms with van der Waals surface area (Å²) in [6.07, 6.45) is 5.69. The molecule has 2 aromatic carbocycles. The molecule has 1 amide bonds. The molecule has 5 rings (SSSR count). The van der Waals surface area contributed by atoms with Gasteiger partial charge >= 0.3 is 0 Å². The summed E-state index contributed by atoms with van der Waals surface area (Å²) in [5, 5.41) is 19.0. The van der Waals surface area contributed by atoms with Gasteiger partial charge in [0, 0.05) is 39.2 Å². The van der Waals surface area contributed by atoms with Crippen molar-refractivity contribution in [3.8, 4) is 5.75 Å². The minimum atomic E-state index is -0.664. The van der Waals surface area contributed by atoms with Crippen LogP contribution in [0.2, 0.25) is 0 Å². The van der Waals surface area contributed by atoms with Crippen LogP contribution in [0, 0.1) is 0 Å². The molecular formula is C26H25N5O3. The van der Waals surface area contributed by atoms with Crippen molar-refractivity contribution >= 4 is 5.91 Å². The lowest BCUT2D eigenvalue weighted by Gasteiger charge is -2.37. The van der Waals surface area contributed by atoms with Crippen molar-refractivity contribution in [1.29, 1.82) is 0 Å². The highest BCUT2D eigenvalue weighted by molar-refractivity contribution is 5.95. The lowest BCUT2D eigenvalue weighted by molar-refractivity contribution is 0.0686. The molecule has 0 bridgehead atoms. The van der Waals surface area contributed by atoms with Gasteiger partial charge in [0.15, 0.2) is 11.4 Å². The number of likely N-dealkylation sites (N-methyl/N-ethyl adjacent to an activating group) is 1. The van der Waals surface area contributed by atoms with Crippen LogP contribution in [0.25, 0.3) is 0 Å². The number of nitrogens with zero attached hydrogens (tertiary/aromatic N) is 5. The van der Waals surface area contributed by atoms with E-state index in [9.17, 15) is 14.7 Å². The summed E-state index contributed by atoms with van der Waals surface area (Å²) < 4.78 is 3.31. The van der Waals surface area contributed by atoms with Crippen LogP contribution in [0.1, 0.15) is 44.7 Å². The molecule has 1 aliphatic heterocycles. The number of hydrogen-bond acceptors (Lipinski definition) is 5. The Kier molecular flexibility index (Phi) is 5.49. The van der Waals surface area contributed by atoms with Crippen LogP contribution in [0.3, 0.4) is 0 Å². The lowest BCUT2D eigenvalue weighted by atomic mass is 9.83. The summed E-state index contributed by atoms with van der Waals surface area (Å²) in [4.78, 5) is 26.5. The quantitative estimate of drug-likeness (QED) is 0.500. The maximum absolute atomic E-state index is 12.8. The van der Waals surface area contributed by atoms with E-state index in [1.165, 1.54) is 9.58 Å². The Morgan fingerprint density at radius 1 is 0.971 bits per heavy atom. The standard InChI is InChI=1S/C26H25N5O3/c1-29-16-21(31-24(26(29)34)25(33)22(32)14-28-31)23(19-8-4-3-5-9-19)20-10-6-7-17(12-20)11-18-13-27-30(2)15-18/h3-10,12-15,21,23,33H,11,16H2,1-2H3. The molecule has 0 saturated carbocycles. The van der Waals surface area contributed by atoms with Gasteiger partial charge in [-0.3, -0.25) is 19.0 Å². The van der Waals surface area contributed by atoms with E-state index in [0.29, 0.717) is 6.54 Å². The minimum Gasteiger partial charge on any atom is -0.502 e. The van der Waals surface area contributed by atoms with Crippen molar-refractivity contribution in [3.05, 3.63) is 111 Å². The molecule has 8 heteroatoms. The van der Waals surface area contributed by atoms with Crippen LogP contribution in [0.15, 0.2) is 78.0 Å². The molecule has 8 nitrogen and oxygen atoms in total. The van der Waals surface area contributed by atoms with Gasteiger partial charge in [0.25, 0.3) is 5.91 Å². The second-order valence-electron chi connectivity index (χ2n) is 8.74. The van der Waals surface area contributed by atoms with Crippen LogP contribution in [-0.4, -0.2) is 49.1 Å². The van der Waals surface area contributed by atoms with Gasteiger partial charge in [-0.15, -0.1) is 0 Å². The largest absolute Gasteiger partial charge is 0.502 e. The predicted molar refractivity (Wildman–Crippen MR) is 127 cm³/mol. The fraction of sp³-hybridized carbons (Fsp3) is 0.231. The van der Waals surface area contributed by atoms with Crippen molar-refractivity contribution in [2.24, 2.45) is 7.05 Å². The van der Waals surface area contributed by atoms with Gasteiger partial charge in [0.05, 0.1) is 18.4 Å². The molecule has 4 aromatic rings. The van der Waals surface area contributed by atoms with Crippen LogP contribution in [0.4, 0.5) is 0 Å². The van der Waals surface area contributed by atoms with Gasteiger partial charge in [-0.2, -0.15) is 10.2 Å². The number of aromatic nitrogens is 4. The fourth-order valence-electron chi connectivity index (χ4n) is 4.77. The van der Waals surface area contributed by atoms with Gasteiger partial charge in [-0.1, -0.05) is 54.6 Å². The number of aromatic hydroxyl groups is 1. The van der Waals surface area contributed by atoms with Crippen molar-refractivity contribution < 1.29 is 9.90 Å². The first-order valence-corrected chi connectivity index (χ1v) is 11.1. The van der Waals surface area contributed by atoms with Crippen LogP contribution < -0.4 is 5.43 Å². The monoisotopic (exact) mass is 455 g/mol. The highest BCUT2D eigenvalue weighted by Crippen LogP contribution is 2.39. The molecule has 0 fully saturated rings. The zero-order valence-electron chi connectivity index (χ0n) is 19.0. The molecule has 2 atom stereocenters. The third kappa shape index (κ3) is 3.87. The van der Waals surface area contributed by atoms with Crippen molar-refractivity contribution in [2.45, 2.75) is 18.4 Å². The summed E-state index contributed by atoms with van der Waals surface area (Å²) in [5.74, 6) is -1.15. The molecule has 1 N–H and O–H groups in total. The fourth-order valence-corrected chi connectivity index (χ4v) is 4.77.